The van der Waals surface area contributed by atoms with E-state index in [1.54, 1.807) is 25.6 Å². The van der Waals surface area contributed by atoms with Gasteiger partial charge in [-0.1, -0.05) is 19.3 Å². The molecule has 0 radical (unpaired) electrons. The highest BCUT2D eigenvalue weighted by Crippen LogP contribution is 2.54. The molecule has 2 amide bonds. The molecule has 2 heterocycles. The number of hydrogen-bond acceptors (Lipinski definition) is 7. The van der Waals surface area contributed by atoms with Crippen LogP contribution < -0.4 is 10.1 Å². The molecule has 0 spiro atoms. The van der Waals surface area contributed by atoms with Gasteiger partial charge in [-0.3, -0.25) is 9.59 Å². The third-order valence-electron chi connectivity index (χ3n) is 10.1. The van der Waals surface area contributed by atoms with Gasteiger partial charge in [0.2, 0.25) is 11.7 Å². The smallest absolute Gasteiger partial charge is 0.326 e. The van der Waals surface area contributed by atoms with Gasteiger partial charge in [-0.25, -0.2) is 4.79 Å². The highest BCUT2D eigenvalue weighted by molar-refractivity contribution is 8.00. The molecule has 1 aromatic rings. The standard InChI is InChI=1S/C30H43N3O6S/c1-30(2,29(37)33-10-6-9-22(33)28(35)36)16-38-27-25(40-21-7-4-3-5-8-21)24(39-32-27)26(34)31-23-19-12-17-11-18(14-19)15-20(23)13-17/h17-23H,3-16H2,1-2H3,(H,31,34)(H,35,36)/t17?,18?,19?,20?,22-,23?/m0/s1. The molecular formula is C30H43N3O6S. The number of carbonyl (C=O) groups excluding carboxylic acids is 2. The first-order chi connectivity index (χ1) is 19.2. The maximum atomic E-state index is 13.7. The monoisotopic (exact) mass is 573 g/mol. The Morgan fingerprint density at radius 1 is 1.02 bits per heavy atom. The van der Waals surface area contributed by atoms with Crippen LogP contribution in [0.3, 0.4) is 0 Å². The first kappa shape index (κ1) is 27.9. The first-order valence-electron chi connectivity index (χ1n) is 15.3. The molecule has 10 heteroatoms. The van der Waals surface area contributed by atoms with Crippen molar-refractivity contribution in [3.63, 3.8) is 0 Å². The number of ether oxygens (including phenoxy) is 1. The minimum absolute atomic E-state index is 0.00996. The van der Waals surface area contributed by atoms with Gasteiger partial charge in [-0.05, 0) is 100 Å². The molecule has 1 saturated heterocycles. The number of nitrogens with zero attached hydrogens (tertiary/aromatic N) is 2. The van der Waals surface area contributed by atoms with Crippen LogP contribution in [0.4, 0.5) is 0 Å². The summed E-state index contributed by atoms with van der Waals surface area (Å²) in [5, 5.41) is 17.5. The van der Waals surface area contributed by atoms with E-state index in [-0.39, 0.29) is 36.1 Å². The number of amides is 2. The SMILES string of the molecule is CC(C)(COc1noc(C(=O)NC2C3CC4CC(C3)CC2C4)c1SC1CCCCC1)C(=O)N1CCC[C@H]1C(=O)O. The lowest BCUT2D eigenvalue weighted by Crippen LogP contribution is -2.55. The summed E-state index contributed by atoms with van der Waals surface area (Å²) in [5.74, 6) is 1.81. The Kier molecular flexibility index (Phi) is 7.83. The van der Waals surface area contributed by atoms with E-state index in [2.05, 4.69) is 10.5 Å². The molecule has 0 unspecified atom stereocenters. The predicted molar refractivity (Wildman–Crippen MR) is 149 cm³/mol. The van der Waals surface area contributed by atoms with Gasteiger partial charge in [0.1, 0.15) is 17.5 Å². The number of aromatic nitrogens is 1. The second-order valence-electron chi connectivity index (χ2n) is 13.6. The van der Waals surface area contributed by atoms with Crippen molar-refractivity contribution in [2.75, 3.05) is 13.2 Å². The van der Waals surface area contributed by atoms with E-state index in [4.69, 9.17) is 9.26 Å². The molecule has 0 aromatic carbocycles. The van der Waals surface area contributed by atoms with Crippen LogP contribution in [0.2, 0.25) is 0 Å². The Morgan fingerprint density at radius 3 is 2.35 bits per heavy atom. The number of carboxylic acids is 1. The summed E-state index contributed by atoms with van der Waals surface area (Å²) in [7, 11) is 0. The van der Waals surface area contributed by atoms with E-state index >= 15 is 0 Å². The fraction of sp³-hybridized carbons (Fsp3) is 0.800. The van der Waals surface area contributed by atoms with Crippen molar-refractivity contribution in [2.45, 2.75) is 113 Å². The fourth-order valence-corrected chi connectivity index (χ4v) is 9.64. The Labute approximate surface area is 240 Å². The van der Waals surface area contributed by atoms with E-state index < -0.39 is 17.4 Å². The van der Waals surface area contributed by atoms with Crippen LogP contribution in [0.25, 0.3) is 0 Å². The molecule has 1 atom stereocenters. The minimum atomic E-state index is -0.972. The molecule has 1 aromatic heterocycles. The molecule has 6 aliphatic rings. The summed E-state index contributed by atoms with van der Waals surface area (Å²) in [6.07, 6.45) is 13.1. The molecule has 5 saturated carbocycles. The van der Waals surface area contributed by atoms with Crippen LogP contribution in [0.5, 0.6) is 5.88 Å². The average molecular weight is 574 g/mol. The average Bonchev–Trinajstić information content (AvgIpc) is 3.57. The van der Waals surface area contributed by atoms with E-state index in [9.17, 15) is 19.5 Å². The van der Waals surface area contributed by atoms with Gasteiger partial charge in [0.15, 0.2) is 0 Å². The van der Waals surface area contributed by atoms with Gasteiger partial charge < -0.3 is 24.6 Å². The molecule has 7 rings (SSSR count). The molecule has 40 heavy (non-hydrogen) atoms. The maximum Gasteiger partial charge on any atom is 0.326 e. The number of carboxylic acid groups (broad SMARTS) is 1. The van der Waals surface area contributed by atoms with Crippen molar-refractivity contribution in [1.29, 1.82) is 0 Å². The van der Waals surface area contributed by atoms with Crippen LogP contribution in [0, 0.1) is 29.1 Å². The summed E-state index contributed by atoms with van der Waals surface area (Å²) < 4.78 is 11.8. The summed E-state index contributed by atoms with van der Waals surface area (Å²) in [5.41, 5.74) is -0.966. The number of aliphatic carboxylic acids is 1. The lowest BCUT2D eigenvalue weighted by molar-refractivity contribution is -0.153. The number of hydrogen-bond donors (Lipinski definition) is 2. The second-order valence-corrected chi connectivity index (χ2v) is 14.9. The molecule has 220 valence electrons. The zero-order valence-corrected chi connectivity index (χ0v) is 24.5. The third-order valence-corrected chi connectivity index (χ3v) is 11.5. The normalized spacial score (nSPS) is 31.9. The highest BCUT2D eigenvalue weighted by Gasteiger charge is 2.49. The molecule has 6 fully saturated rings. The van der Waals surface area contributed by atoms with Crippen molar-refractivity contribution >= 4 is 29.5 Å². The van der Waals surface area contributed by atoms with Crippen LogP contribution in [-0.4, -0.2) is 63.4 Å². The maximum absolute atomic E-state index is 13.7. The van der Waals surface area contributed by atoms with Crippen molar-refractivity contribution < 1.29 is 28.8 Å². The fourth-order valence-electron chi connectivity index (χ4n) is 8.30. The third kappa shape index (κ3) is 5.49. The predicted octanol–water partition coefficient (Wildman–Crippen LogP) is 5.13. The van der Waals surface area contributed by atoms with Gasteiger partial charge in [0, 0.05) is 17.8 Å². The van der Waals surface area contributed by atoms with E-state index in [1.165, 1.54) is 43.4 Å². The second kappa shape index (κ2) is 11.2. The van der Waals surface area contributed by atoms with Crippen molar-refractivity contribution in [1.82, 2.24) is 15.4 Å². The van der Waals surface area contributed by atoms with Gasteiger partial charge in [0.25, 0.3) is 11.8 Å². The summed E-state index contributed by atoms with van der Waals surface area (Å²) in [6.45, 7) is 3.97. The van der Waals surface area contributed by atoms with Crippen molar-refractivity contribution in [3.8, 4) is 5.88 Å². The Hall–Kier alpha value is -2.23. The number of carbonyl (C=O) groups is 3. The van der Waals surface area contributed by atoms with Crippen molar-refractivity contribution in [3.05, 3.63) is 5.76 Å². The Balaban J connectivity index is 1.17. The number of likely N-dealkylation sites (tertiary alicyclic amines) is 1. The molecule has 5 aliphatic carbocycles. The first-order valence-corrected chi connectivity index (χ1v) is 16.2. The summed E-state index contributed by atoms with van der Waals surface area (Å²) in [6, 6.07) is -0.599. The number of rotatable bonds is 9. The zero-order valence-electron chi connectivity index (χ0n) is 23.7. The van der Waals surface area contributed by atoms with Gasteiger partial charge in [0.05, 0.1) is 5.41 Å². The van der Waals surface area contributed by atoms with Gasteiger partial charge in [-0.15, -0.1) is 11.8 Å². The number of thioether (sulfide) groups is 1. The summed E-state index contributed by atoms with van der Waals surface area (Å²) in [4.78, 5) is 40.7. The van der Waals surface area contributed by atoms with Crippen LogP contribution in [0.15, 0.2) is 9.42 Å². The largest absolute Gasteiger partial charge is 0.480 e. The van der Waals surface area contributed by atoms with Crippen LogP contribution in [0.1, 0.15) is 101 Å². The van der Waals surface area contributed by atoms with Gasteiger partial charge >= 0.3 is 5.97 Å². The Bertz CT molecular complexity index is 1100. The number of nitrogens with one attached hydrogen (secondary N) is 1. The van der Waals surface area contributed by atoms with E-state index in [0.29, 0.717) is 41.4 Å². The quantitative estimate of drug-likeness (QED) is 0.417. The highest BCUT2D eigenvalue weighted by atomic mass is 32.2. The van der Waals surface area contributed by atoms with E-state index in [0.717, 1.165) is 37.5 Å². The topological polar surface area (TPSA) is 122 Å². The lowest BCUT2D eigenvalue weighted by atomic mass is 9.54. The van der Waals surface area contributed by atoms with E-state index in [1.807, 2.05) is 0 Å². The van der Waals surface area contributed by atoms with Crippen LogP contribution in [-0.2, 0) is 9.59 Å². The minimum Gasteiger partial charge on any atom is -0.480 e. The lowest BCUT2D eigenvalue weighted by Gasteiger charge is -2.54. The van der Waals surface area contributed by atoms with Gasteiger partial charge in [-0.2, -0.15) is 0 Å². The molecule has 2 N–H and O–H groups in total. The Morgan fingerprint density at radius 2 is 1.70 bits per heavy atom. The zero-order chi connectivity index (χ0) is 28.0. The molecule has 4 bridgehead atoms. The molecular weight excluding hydrogens is 530 g/mol. The molecule has 1 aliphatic heterocycles. The van der Waals surface area contributed by atoms with Crippen LogP contribution >= 0.6 is 11.8 Å². The molecule has 9 nitrogen and oxygen atoms in total. The summed E-state index contributed by atoms with van der Waals surface area (Å²) >= 11 is 1.62. The van der Waals surface area contributed by atoms with Crippen molar-refractivity contribution in [2.24, 2.45) is 29.1 Å².